The lowest BCUT2D eigenvalue weighted by molar-refractivity contribution is 0.0569. The Balaban J connectivity index is 1.67. The molecule has 3 rings (SSSR count). The molecule has 0 radical (unpaired) electrons. The molecule has 0 atom stereocenters. The van der Waals surface area contributed by atoms with Gasteiger partial charge in [-0.3, -0.25) is 0 Å². The molecule has 2 heterocycles. The Morgan fingerprint density at radius 1 is 1.14 bits per heavy atom. The summed E-state index contributed by atoms with van der Waals surface area (Å²) in [6.45, 7) is 4.96. The Hall–Kier alpha value is -2.98. The van der Waals surface area contributed by atoms with Crippen LogP contribution in [0.3, 0.4) is 0 Å². The minimum atomic E-state index is -4.04. The second-order valence-electron chi connectivity index (χ2n) is 7.51. The second kappa shape index (κ2) is 7.80. The van der Waals surface area contributed by atoms with E-state index < -0.39 is 21.9 Å². The largest absolute Gasteiger partial charge is 0.443 e. The molecule has 29 heavy (non-hydrogen) atoms. The highest BCUT2D eigenvalue weighted by molar-refractivity contribution is 7.88. The first-order chi connectivity index (χ1) is 13.5. The van der Waals surface area contributed by atoms with E-state index in [0.717, 1.165) is 27.9 Å². The van der Waals surface area contributed by atoms with Gasteiger partial charge < -0.3 is 9.30 Å². The molecule has 0 unspecified atom stereocenters. The number of benzene rings is 1. The van der Waals surface area contributed by atoms with Crippen LogP contribution in [0.5, 0.6) is 0 Å². The van der Waals surface area contributed by atoms with E-state index in [4.69, 9.17) is 4.74 Å². The van der Waals surface area contributed by atoms with Gasteiger partial charge in [0.2, 0.25) is 0 Å². The lowest BCUT2D eigenvalue weighted by Gasteiger charge is -2.19. The number of rotatable bonds is 5. The maximum absolute atomic E-state index is 12.0. The number of carbonyl (C=O) groups excluding carboxylic acids is 1. The fourth-order valence-corrected chi connectivity index (χ4v) is 3.40. The number of nitrogens with one attached hydrogen (secondary N) is 2. The molecule has 0 spiro atoms. The Bertz CT molecular complexity index is 1130. The number of carbonyl (C=O) groups is 1. The van der Waals surface area contributed by atoms with Crippen LogP contribution in [0.1, 0.15) is 26.3 Å². The molecule has 10 heteroatoms. The average molecular weight is 417 g/mol. The lowest BCUT2D eigenvalue weighted by Crippen LogP contribution is -2.42. The van der Waals surface area contributed by atoms with Gasteiger partial charge >= 0.3 is 16.3 Å². The van der Waals surface area contributed by atoms with Crippen LogP contribution in [0, 0.1) is 0 Å². The highest BCUT2D eigenvalue weighted by atomic mass is 32.2. The van der Waals surface area contributed by atoms with Crippen molar-refractivity contribution in [1.29, 1.82) is 0 Å². The van der Waals surface area contributed by atoms with Gasteiger partial charge in [0, 0.05) is 30.7 Å². The number of amides is 1. The maximum Gasteiger partial charge on any atom is 0.422 e. The summed E-state index contributed by atoms with van der Waals surface area (Å²) in [5, 5.41) is 0.935. The van der Waals surface area contributed by atoms with Crippen molar-refractivity contribution < 1.29 is 17.9 Å². The molecule has 0 saturated carbocycles. The smallest absolute Gasteiger partial charge is 0.422 e. The zero-order valence-corrected chi connectivity index (χ0v) is 17.4. The Kier molecular flexibility index (Phi) is 5.58. The van der Waals surface area contributed by atoms with E-state index in [1.807, 2.05) is 40.7 Å². The molecule has 1 aromatic carbocycles. The van der Waals surface area contributed by atoms with Gasteiger partial charge in [0.05, 0.1) is 5.69 Å². The van der Waals surface area contributed by atoms with Crippen LogP contribution in [0.4, 0.5) is 4.79 Å². The van der Waals surface area contributed by atoms with Crippen molar-refractivity contribution in [3.8, 4) is 11.3 Å². The zero-order valence-electron chi connectivity index (χ0n) is 16.6. The van der Waals surface area contributed by atoms with Gasteiger partial charge in [0.1, 0.15) is 17.6 Å². The molecular weight excluding hydrogens is 394 g/mol. The lowest BCUT2D eigenvalue weighted by atomic mass is 10.1. The number of hydrogen-bond acceptors (Lipinski definition) is 6. The van der Waals surface area contributed by atoms with Crippen molar-refractivity contribution >= 4 is 27.3 Å². The van der Waals surface area contributed by atoms with Gasteiger partial charge in [-0.15, -0.1) is 0 Å². The third kappa shape index (κ3) is 5.30. The Morgan fingerprint density at radius 2 is 1.83 bits per heavy atom. The minimum Gasteiger partial charge on any atom is -0.443 e. The predicted octanol–water partition coefficient (Wildman–Crippen LogP) is 2.49. The topological polar surface area (TPSA) is 115 Å². The molecule has 0 bridgehead atoms. The fourth-order valence-electron chi connectivity index (χ4n) is 2.71. The van der Waals surface area contributed by atoms with Crippen molar-refractivity contribution in [3.05, 3.63) is 48.4 Å². The average Bonchev–Trinajstić information content (AvgIpc) is 3.00. The molecule has 1 amide bonds. The summed E-state index contributed by atoms with van der Waals surface area (Å²) in [5.74, 6) is 0. The number of aryl methyl sites for hydroxylation is 1. The van der Waals surface area contributed by atoms with Crippen LogP contribution in [0.15, 0.2) is 42.9 Å². The zero-order chi connectivity index (χ0) is 21.2. The predicted molar refractivity (Wildman–Crippen MR) is 109 cm³/mol. The fraction of sp³-hybridized carbons (Fsp3) is 0.316. The SMILES string of the molecule is Cn1ccc2c(-c3ccc(CNS(=O)(=O)NC(=O)OC(C)(C)C)cc3)ncnc21. The number of nitrogens with zero attached hydrogens (tertiary/aromatic N) is 3. The molecule has 0 fully saturated rings. The van der Waals surface area contributed by atoms with Crippen molar-refractivity contribution in [3.63, 3.8) is 0 Å². The minimum absolute atomic E-state index is 0.0168. The van der Waals surface area contributed by atoms with Gasteiger partial charge in [-0.2, -0.15) is 13.1 Å². The van der Waals surface area contributed by atoms with E-state index in [0.29, 0.717) is 0 Å². The molecule has 3 aromatic rings. The molecule has 0 aliphatic rings. The first kappa shape index (κ1) is 20.7. The number of hydrogen-bond donors (Lipinski definition) is 2. The standard InChI is InChI=1S/C19H23N5O4S/c1-19(2,3)28-18(25)23-29(26,27)22-11-13-5-7-14(8-6-13)16-15-9-10-24(4)17(15)21-12-20-16/h5-10,12,22H,11H2,1-4H3,(H,23,25). The molecule has 0 aliphatic heterocycles. The van der Waals surface area contributed by atoms with E-state index >= 15 is 0 Å². The first-order valence-electron chi connectivity index (χ1n) is 8.90. The van der Waals surface area contributed by atoms with E-state index in [1.54, 1.807) is 32.9 Å². The number of aromatic nitrogens is 3. The highest BCUT2D eigenvalue weighted by Crippen LogP contribution is 2.25. The van der Waals surface area contributed by atoms with E-state index in [1.165, 1.54) is 6.33 Å². The van der Waals surface area contributed by atoms with Gasteiger partial charge in [0.15, 0.2) is 0 Å². The number of fused-ring (bicyclic) bond motifs is 1. The molecular formula is C19H23N5O4S. The summed E-state index contributed by atoms with van der Waals surface area (Å²) >= 11 is 0. The monoisotopic (exact) mass is 417 g/mol. The van der Waals surface area contributed by atoms with Crippen LogP contribution in [-0.2, 0) is 28.5 Å². The second-order valence-corrected chi connectivity index (χ2v) is 9.01. The van der Waals surface area contributed by atoms with Gasteiger partial charge in [0.25, 0.3) is 0 Å². The highest BCUT2D eigenvalue weighted by Gasteiger charge is 2.21. The van der Waals surface area contributed by atoms with Gasteiger partial charge in [-0.25, -0.2) is 19.5 Å². The molecule has 0 aliphatic carbocycles. The molecule has 2 aromatic heterocycles. The summed E-state index contributed by atoms with van der Waals surface area (Å²) < 4.78 is 35.0. The van der Waals surface area contributed by atoms with Crippen molar-refractivity contribution in [2.45, 2.75) is 32.9 Å². The van der Waals surface area contributed by atoms with E-state index in [-0.39, 0.29) is 6.54 Å². The molecule has 9 nitrogen and oxygen atoms in total. The summed E-state index contributed by atoms with van der Waals surface area (Å²) in [4.78, 5) is 20.3. The summed E-state index contributed by atoms with van der Waals surface area (Å²) in [6.07, 6.45) is 2.40. The summed E-state index contributed by atoms with van der Waals surface area (Å²) in [5.41, 5.74) is 2.46. The van der Waals surface area contributed by atoms with Crippen LogP contribution in [-0.4, -0.2) is 34.6 Å². The number of ether oxygens (including phenoxy) is 1. The normalized spacial score (nSPS) is 12.1. The summed E-state index contributed by atoms with van der Waals surface area (Å²) in [6, 6.07) is 9.26. The van der Waals surface area contributed by atoms with Crippen LogP contribution >= 0.6 is 0 Å². The van der Waals surface area contributed by atoms with E-state index in [2.05, 4.69) is 14.7 Å². The molecule has 0 saturated heterocycles. The van der Waals surface area contributed by atoms with Crippen molar-refractivity contribution in [2.75, 3.05) is 0 Å². The third-order valence-electron chi connectivity index (χ3n) is 3.97. The van der Waals surface area contributed by atoms with Gasteiger partial charge in [-0.1, -0.05) is 24.3 Å². The molecule has 2 N–H and O–H groups in total. The first-order valence-corrected chi connectivity index (χ1v) is 10.4. The summed E-state index contributed by atoms with van der Waals surface area (Å²) in [7, 11) is -2.12. The van der Waals surface area contributed by atoms with Crippen LogP contribution < -0.4 is 9.44 Å². The van der Waals surface area contributed by atoms with Crippen LogP contribution in [0.2, 0.25) is 0 Å². The van der Waals surface area contributed by atoms with Crippen molar-refractivity contribution in [2.24, 2.45) is 7.05 Å². The third-order valence-corrected chi connectivity index (χ3v) is 4.93. The Morgan fingerprint density at radius 3 is 2.48 bits per heavy atom. The Labute approximate surface area is 169 Å². The van der Waals surface area contributed by atoms with Crippen LogP contribution in [0.25, 0.3) is 22.3 Å². The van der Waals surface area contributed by atoms with Crippen molar-refractivity contribution in [1.82, 2.24) is 24.0 Å². The maximum atomic E-state index is 12.0. The van der Waals surface area contributed by atoms with Gasteiger partial charge in [-0.05, 0) is 32.4 Å². The molecule has 154 valence electrons. The quantitative estimate of drug-likeness (QED) is 0.659. The van der Waals surface area contributed by atoms with E-state index in [9.17, 15) is 13.2 Å².